The van der Waals surface area contributed by atoms with Gasteiger partial charge < -0.3 is 4.57 Å². The van der Waals surface area contributed by atoms with Crippen LogP contribution in [0.2, 0.25) is 0 Å². The van der Waals surface area contributed by atoms with E-state index < -0.39 is 0 Å². The van der Waals surface area contributed by atoms with Gasteiger partial charge in [0, 0.05) is 33.7 Å². The summed E-state index contributed by atoms with van der Waals surface area (Å²) in [4.78, 5) is 32.9. The molecule has 0 amide bonds. The van der Waals surface area contributed by atoms with Gasteiger partial charge >= 0.3 is 5.69 Å². The number of hydrogen-bond donors (Lipinski definition) is 0. The fourth-order valence-corrected chi connectivity index (χ4v) is 5.04. The second-order valence-electron chi connectivity index (χ2n) is 9.56. The summed E-state index contributed by atoms with van der Waals surface area (Å²) in [6.45, 7) is 12.0. The van der Waals surface area contributed by atoms with E-state index in [9.17, 15) is 9.59 Å². The molecule has 4 rings (SSSR count). The van der Waals surface area contributed by atoms with Gasteiger partial charge in [-0.3, -0.25) is 18.8 Å². The third-order valence-electron chi connectivity index (χ3n) is 6.57. The molecule has 166 valence electrons. The lowest BCUT2D eigenvalue weighted by molar-refractivity contribution is 0.130. The number of imidazole rings is 1. The number of benzene rings is 1. The predicted molar refractivity (Wildman–Crippen MR) is 123 cm³/mol. The van der Waals surface area contributed by atoms with Crippen LogP contribution in [0.4, 0.5) is 0 Å². The largest absolute Gasteiger partial charge is 0.332 e. The Hall–Kier alpha value is -2.67. The van der Waals surface area contributed by atoms with Crippen molar-refractivity contribution in [2.75, 3.05) is 13.1 Å². The highest BCUT2D eigenvalue weighted by Gasteiger charge is 2.25. The number of piperidine rings is 1. The monoisotopic (exact) mass is 423 g/mol. The summed E-state index contributed by atoms with van der Waals surface area (Å²) in [6.07, 6.45) is 1.24. The van der Waals surface area contributed by atoms with Crippen LogP contribution in [0.15, 0.2) is 27.8 Å². The van der Waals surface area contributed by atoms with Gasteiger partial charge in [0.2, 0.25) is 0 Å². The molecule has 2 aromatic heterocycles. The van der Waals surface area contributed by atoms with Gasteiger partial charge in [0.25, 0.3) is 5.56 Å². The second kappa shape index (κ2) is 8.11. The Balaban J connectivity index is 1.88. The maximum atomic E-state index is 13.1. The highest BCUT2D eigenvalue weighted by atomic mass is 16.2. The van der Waals surface area contributed by atoms with Crippen molar-refractivity contribution in [3.63, 3.8) is 0 Å². The molecule has 1 aliphatic rings. The van der Waals surface area contributed by atoms with Crippen molar-refractivity contribution < 1.29 is 0 Å². The average molecular weight is 424 g/mol. The number of aryl methyl sites for hydroxylation is 3. The van der Waals surface area contributed by atoms with Crippen molar-refractivity contribution >= 4 is 11.2 Å². The van der Waals surface area contributed by atoms with E-state index in [1.54, 1.807) is 7.05 Å². The summed E-state index contributed by atoms with van der Waals surface area (Å²) < 4.78 is 4.70. The molecule has 0 unspecified atom stereocenters. The quantitative estimate of drug-likeness (QED) is 0.647. The fraction of sp³-hybridized carbons (Fsp3) is 0.542. The number of rotatable bonds is 4. The molecule has 1 fully saturated rings. The lowest BCUT2D eigenvalue weighted by atomic mass is 9.92. The van der Waals surface area contributed by atoms with E-state index in [0.29, 0.717) is 36.1 Å². The Kier molecular flexibility index (Phi) is 5.64. The van der Waals surface area contributed by atoms with Crippen molar-refractivity contribution in [1.29, 1.82) is 0 Å². The van der Waals surface area contributed by atoms with Crippen LogP contribution in [-0.4, -0.2) is 36.7 Å². The first-order valence-corrected chi connectivity index (χ1v) is 11.1. The predicted octanol–water partition coefficient (Wildman–Crippen LogP) is 2.58. The van der Waals surface area contributed by atoms with Crippen molar-refractivity contribution in [2.24, 2.45) is 25.9 Å². The Morgan fingerprint density at radius 3 is 2.35 bits per heavy atom. The molecular formula is C24H33N5O2. The molecule has 1 aliphatic heterocycles. The number of nitrogens with zero attached hydrogens (tertiary/aromatic N) is 5. The van der Waals surface area contributed by atoms with Crippen LogP contribution in [0, 0.1) is 25.7 Å². The van der Waals surface area contributed by atoms with Gasteiger partial charge in [-0.25, -0.2) is 9.78 Å². The van der Waals surface area contributed by atoms with Gasteiger partial charge in [0.15, 0.2) is 11.2 Å². The third-order valence-corrected chi connectivity index (χ3v) is 6.57. The molecule has 3 heterocycles. The standard InChI is InChI=1S/C24H33N5O2/c1-15-7-8-18(4)19(10-15)13-29-20(14-28-11-16(2)9-17(3)12-28)25-22-21(29)23(30)27(6)24(31)26(22)5/h7-8,10,16-17H,9,11-14H2,1-6H3/t16-,17-/m1/s1. The highest BCUT2D eigenvalue weighted by Crippen LogP contribution is 2.24. The highest BCUT2D eigenvalue weighted by molar-refractivity contribution is 5.71. The first-order chi connectivity index (χ1) is 14.7. The van der Waals surface area contributed by atoms with Crippen LogP contribution >= 0.6 is 0 Å². The molecule has 0 aliphatic carbocycles. The number of likely N-dealkylation sites (tertiary alicyclic amines) is 1. The average Bonchev–Trinajstić information content (AvgIpc) is 3.05. The molecule has 7 nitrogen and oxygen atoms in total. The van der Waals surface area contributed by atoms with Crippen LogP contribution in [0.5, 0.6) is 0 Å². The Labute approximate surface area is 182 Å². The van der Waals surface area contributed by atoms with Gasteiger partial charge in [-0.2, -0.15) is 0 Å². The van der Waals surface area contributed by atoms with Crippen molar-refractivity contribution in [3.8, 4) is 0 Å². The minimum Gasteiger partial charge on any atom is -0.317 e. The Bertz CT molecular complexity index is 1240. The molecule has 0 N–H and O–H groups in total. The van der Waals surface area contributed by atoms with Crippen LogP contribution in [0.25, 0.3) is 11.2 Å². The van der Waals surface area contributed by atoms with Crippen LogP contribution in [0.3, 0.4) is 0 Å². The smallest absolute Gasteiger partial charge is 0.317 e. The van der Waals surface area contributed by atoms with Crippen LogP contribution in [0.1, 0.15) is 42.8 Å². The van der Waals surface area contributed by atoms with Crippen LogP contribution < -0.4 is 11.2 Å². The van der Waals surface area contributed by atoms with E-state index >= 15 is 0 Å². The van der Waals surface area contributed by atoms with E-state index in [-0.39, 0.29) is 11.2 Å². The molecule has 1 saturated heterocycles. The zero-order chi connectivity index (χ0) is 22.4. The van der Waals surface area contributed by atoms with Gasteiger partial charge in [-0.15, -0.1) is 0 Å². The van der Waals surface area contributed by atoms with Crippen molar-refractivity contribution in [1.82, 2.24) is 23.6 Å². The lowest BCUT2D eigenvalue weighted by Crippen LogP contribution is -2.39. The Morgan fingerprint density at radius 1 is 1.00 bits per heavy atom. The first-order valence-electron chi connectivity index (χ1n) is 11.1. The molecule has 2 atom stereocenters. The summed E-state index contributed by atoms with van der Waals surface area (Å²) in [5.41, 5.74) is 3.86. The third kappa shape index (κ3) is 3.99. The Morgan fingerprint density at radius 2 is 1.68 bits per heavy atom. The molecule has 31 heavy (non-hydrogen) atoms. The molecule has 1 aromatic carbocycles. The van der Waals surface area contributed by atoms with Gasteiger partial charge in [0.05, 0.1) is 6.54 Å². The molecule has 7 heteroatoms. The van der Waals surface area contributed by atoms with Crippen molar-refractivity contribution in [2.45, 2.75) is 47.2 Å². The topological polar surface area (TPSA) is 65.1 Å². The summed E-state index contributed by atoms with van der Waals surface area (Å²) in [5.74, 6) is 2.12. The normalized spacial score (nSPS) is 19.9. The summed E-state index contributed by atoms with van der Waals surface area (Å²) in [5, 5.41) is 0. The zero-order valence-corrected chi connectivity index (χ0v) is 19.5. The fourth-order valence-electron chi connectivity index (χ4n) is 5.04. The summed E-state index contributed by atoms with van der Waals surface area (Å²) in [7, 11) is 3.22. The second-order valence-corrected chi connectivity index (χ2v) is 9.56. The molecular weight excluding hydrogens is 390 g/mol. The summed E-state index contributed by atoms with van der Waals surface area (Å²) in [6, 6.07) is 6.39. The van der Waals surface area contributed by atoms with Crippen LogP contribution in [-0.2, 0) is 27.2 Å². The molecule has 0 bridgehead atoms. The zero-order valence-electron chi connectivity index (χ0n) is 19.5. The maximum absolute atomic E-state index is 13.1. The minimum atomic E-state index is -0.347. The van der Waals surface area contributed by atoms with E-state index in [1.807, 2.05) is 4.57 Å². The van der Waals surface area contributed by atoms with Gasteiger partial charge in [-0.1, -0.05) is 37.6 Å². The lowest BCUT2D eigenvalue weighted by Gasteiger charge is -2.34. The van der Waals surface area contributed by atoms with E-state index in [1.165, 1.54) is 33.7 Å². The van der Waals surface area contributed by atoms with E-state index in [2.05, 4.69) is 50.8 Å². The summed E-state index contributed by atoms with van der Waals surface area (Å²) >= 11 is 0. The van der Waals surface area contributed by atoms with Crippen molar-refractivity contribution in [3.05, 3.63) is 61.6 Å². The van der Waals surface area contributed by atoms with Gasteiger partial charge in [0.1, 0.15) is 5.82 Å². The van der Waals surface area contributed by atoms with E-state index in [4.69, 9.17) is 4.98 Å². The number of aromatic nitrogens is 4. The van der Waals surface area contributed by atoms with E-state index in [0.717, 1.165) is 24.5 Å². The molecule has 3 aromatic rings. The first kappa shape index (κ1) is 21.6. The number of fused-ring (bicyclic) bond motifs is 1. The maximum Gasteiger partial charge on any atom is 0.332 e. The molecule has 0 saturated carbocycles. The minimum absolute atomic E-state index is 0.289. The molecule has 0 spiro atoms. The SMILES string of the molecule is Cc1ccc(C)c(Cn2c(CN3C[C@H](C)C[C@@H](C)C3)nc3c2c(=O)n(C)c(=O)n3C)c1. The van der Waals surface area contributed by atoms with Gasteiger partial charge in [-0.05, 0) is 43.2 Å². The number of hydrogen-bond acceptors (Lipinski definition) is 4. The molecule has 0 radical (unpaired) electrons.